The van der Waals surface area contributed by atoms with Gasteiger partial charge in [-0.05, 0) is 38.1 Å². The molecule has 0 atom stereocenters. The van der Waals surface area contributed by atoms with Crippen LogP contribution in [0.25, 0.3) is 5.69 Å². The van der Waals surface area contributed by atoms with Crippen LogP contribution in [0.15, 0.2) is 54.6 Å². The highest BCUT2D eigenvalue weighted by Crippen LogP contribution is 2.26. The molecule has 0 aliphatic carbocycles. The molecule has 0 fully saturated rings. The minimum atomic E-state index is -0.122. The molecule has 6 nitrogen and oxygen atoms in total. The topological polar surface area (TPSA) is 65.4 Å². The maximum absolute atomic E-state index is 12.3. The second kappa shape index (κ2) is 8.40. The van der Waals surface area contributed by atoms with Crippen molar-refractivity contribution in [2.75, 3.05) is 19.0 Å². The van der Waals surface area contributed by atoms with Gasteiger partial charge in [0.15, 0.2) is 11.5 Å². The van der Waals surface area contributed by atoms with E-state index in [1.54, 1.807) is 7.11 Å². The summed E-state index contributed by atoms with van der Waals surface area (Å²) in [5, 5.41) is 7.49. The van der Waals surface area contributed by atoms with Gasteiger partial charge in [-0.25, -0.2) is 4.68 Å². The number of carbonyl (C=O) groups is 1. The van der Waals surface area contributed by atoms with Crippen molar-refractivity contribution in [3.8, 4) is 17.2 Å². The molecule has 1 N–H and O–H groups in total. The second-order valence-electron chi connectivity index (χ2n) is 6.09. The summed E-state index contributed by atoms with van der Waals surface area (Å²) in [7, 11) is 1.59. The van der Waals surface area contributed by atoms with Crippen LogP contribution in [0, 0.1) is 13.8 Å². The molecule has 1 amide bonds. The van der Waals surface area contributed by atoms with Crippen LogP contribution < -0.4 is 14.8 Å². The molecule has 0 bridgehead atoms. The molecule has 27 heavy (non-hydrogen) atoms. The van der Waals surface area contributed by atoms with E-state index in [4.69, 9.17) is 9.47 Å². The van der Waals surface area contributed by atoms with Crippen LogP contribution in [0.3, 0.4) is 0 Å². The first-order valence-corrected chi connectivity index (χ1v) is 8.77. The zero-order valence-corrected chi connectivity index (χ0v) is 15.7. The first-order valence-electron chi connectivity index (χ1n) is 8.77. The summed E-state index contributed by atoms with van der Waals surface area (Å²) < 4.78 is 12.7. The molecular formula is C21H23N3O3. The molecule has 0 radical (unpaired) electrons. The van der Waals surface area contributed by atoms with Crippen molar-refractivity contribution in [1.29, 1.82) is 0 Å². The smallest absolute Gasteiger partial charge is 0.227 e. The molecule has 6 heteroatoms. The third kappa shape index (κ3) is 4.28. The van der Waals surface area contributed by atoms with E-state index in [1.165, 1.54) is 0 Å². The minimum absolute atomic E-state index is 0.122. The van der Waals surface area contributed by atoms with Gasteiger partial charge in [0.1, 0.15) is 0 Å². The Morgan fingerprint density at radius 3 is 2.41 bits per heavy atom. The van der Waals surface area contributed by atoms with Gasteiger partial charge in [-0.2, -0.15) is 5.10 Å². The van der Waals surface area contributed by atoms with Crippen LogP contribution in [0.5, 0.6) is 11.5 Å². The standard InChI is InChI=1S/C21H23N3O3/c1-15-21(16(2)24(23-15)17-9-5-4-6-10-17)22-20(25)13-14-27-19-12-8-7-11-18(19)26-3/h4-12H,13-14H2,1-3H3,(H,22,25). The molecule has 2 aromatic carbocycles. The predicted molar refractivity (Wildman–Crippen MR) is 105 cm³/mol. The number of anilines is 1. The van der Waals surface area contributed by atoms with Crippen LogP contribution in [-0.4, -0.2) is 29.4 Å². The third-order valence-corrected chi connectivity index (χ3v) is 4.21. The first kappa shape index (κ1) is 18.5. The van der Waals surface area contributed by atoms with Crippen molar-refractivity contribution in [2.24, 2.45) is 0 Å². The first-order chi connectivity index (χ1) is 13.1. The molecule has 1 heterocycles. The Kier molecular flexibility index (Phi) is 5.76. The van der Waals surface area contributed by atoms with Crippen LogP contribution in [0.2, 0.25) is 0 Å². The fraction of sp³-hybridized carbons (Fsp3) is 0.238. The molecule has 0 unspecified atom stereocenters. The zero-order chi connectivity index (χ0) is 19.2. The molecular weight excluding hydrogens is 342 g/mol. The summed E-state index contributed by atoms with van der Waals surface area (Å²) in [6, 6.07) is 17.2. The van der Waals surface area contributed by atoms with Crippen molar-refractivity contribution in [3.63, 3.8) is 0 Å². The van der Waals surface area contributed by atoms with E-state index in [0.29, 0.717) is 11.5 Å². The number of carbonyl (C=O) groups excluding carboxylic acids is 1. The monoisotopic (exact) mass is 365 g/mol. The number of para-hydroxylation sites is 3. The van der Waals surface area contributed by atoms with Gasteiger partial charge in [-0.1, -0.05) is 30.3 Å². The van der Waals surface area contributed by atoms with E-state index < -0.39 is 0 Å². The summed E-state index contributed by atoms with van der Waals surface area (Å²) in [6.45, 7) is 4.08. The lowest BCUT2D eigenvalue weighted by atomic mass is 10.2. The summed E-state index contributed by atoms with van der Waals surface area (Å²) >= 11 is 0. The molecule has 3 rings (SSSR count). The summed E-state index contributed by atoms with van der Waals surface area (Å²) in [4.78, 5) is 12.3. The highest BCUT2D eigenvalue weighted by atomic mass is 16.5. The number of nitrogens with zero attached hydrogens (tertiary/aromatic N) is 2. The van der Waals surface area contributed by atoms with Crippen LogP contribution in [0.1, 0.15) is 17.8 Å². The fourth-order valence-corrected chi connectivity index (χ4v) is 2.84. The molecule has 0 spiro atoms. The predicted octanol–water partition coefficient (Wildman–Crippen LogP) is 3.91. The van der Waals surface area contributed by atoms with Crippen molar-refractivity contribution >= 4 is 11.6 Å². The normalized spacial score (nSPS) is 10.5. The van der Waals surface area contributed by atoms with Gasteiger partial charge in [0.2, 0.25) is 5.91 Å². The number of aromatic nitrogens is 2. The molecule has 0 aliphatic rings. The Bertz CT molecular complexity index is 920. The van der Waals surface area contributed by atoms with Crippen molar-refractivity contribution in [1.82, 2.24) is 9.78 Å². The van der Waals surface area contributed by atoms with E-state index in [1.807, 2.05) is 73.1 Å². The number of methoxy groups -OCH3 is 1. The van der Waals surface area contributed by atoms with Gasteiger partial charge in [0, 0.05) is 0 Å². The largest absolute Gasteiger partial charge is 0.493 e. The Morgan fingerprint density at radius 1 is 1.04 bits per heavy atom. The summed E-state index contributed by atoms with van der Waals surface area (Å²) in [5.74, 6) is 1.15. The quantitative estimate of drug-likeness (QED) is 0.689. The number of amides is 1. The van der Waals surface area contributed by atoms with E-state index in [2.05, 4.69) is 10.4 Å². The Morgan fingerprint density at radius 2 is 1.70 bits per heavy atom. The third-order valence-electron chi connectivity index (χ3n) is 4.21. The number of nitrogens with one attached hydrogen (secondary N) is 1. The van der Waals surface area contributed by atoms with Crippen LogP contribution in [0.4, 0.5) is 5.69 Å². The van der Waals surface area contributed by atoms with E-state index in [9.17, 15) is 4.79 Å². The highest BCUT2D eigenvalue weighted by Gasteiger charge is 2.15. The number of ether oxygens (including phenoxy) is 2. The van der Waals surface area contributed by atoms with E-state index in [0.717, 1.165) is 22.8 Å². The van der Waals surface area contributed by atoms with Crippen molar-refractivity contribution < 1.29 is 14.3 Å². The molecule has 3 aromatic rings. The fourth-order valence-electron chi connectivity index (χ4n) is 2.84. The lowest BCUT2D eigenvalue weighted by Gasteiger charge is -2.10. The van der Waals surface area contributed by atoms with Gasteiger partial charge in [-0.3, -0.25) is 4.79 Å². The molecule has 0 aliphatic heterocycles. The maximum Gasteiger partial charge on any atom is 0.227 e. The molecule has 0 saturated carbocycles. The average molecular weight is 365 g/mol. The number of benzene rings is 2. The SMILES string of the molecule is COc1ccccc1OCCC(=O)Nc1c(C)nn(-c2ccccc2)c1C. The number of aryl methyl sites for hydroxylation is 1. The van der Waals surface area contributed by atoms with Gasteiger partial charge in [0.05, 0.1) is 42.9 Å². The average Bonchev–Trinajstić information content (AvgIpc) is 2.97. The molecule has 0 saturated heterocycles. The zero-order valence-electron chi connectivity index (χ0n) is 15.7. The Hall–Kier alpha value is -3.28. The van der Waals surface area contributed by atoms with Gasteiger partial charge in [-0.15, -0.1) is 0 Å². The van der Waals surface area contributed by atoms with Crippen molar-refractivity contribution in [3.05, 3.63) is 66.0 Å². The van der Waals surface area contributed by atoms with Crippen LogP contribution in [-0.2, 0) is 4.79 Å². The lowest BCUT2D eigenvalue weighted by Crippen LogP contribution is -2.16. The second-order valence-corrected chi connectivity index (χ2v) is 6.09. The Labute approximate surface area is 158 Å². The number of hydrogen-bond acceptors (Lipinski definition) is 4. The van der Waals surface area contributed by atoms with Gasteiger partial charge in [0.25, 0.3) is 0 Å². The molecule has 140 valence electrons. The summed E-state index contributed by atoms with van der Waals surface area (Å²) in [6.07, 6.45) is 0.230. The van der Waals surface area contributed by atoms with Gasteiger partial charge >= 0.3 is 0 Å². The van der Waals surface area contributed by atoms with E-state index >= 15 is 0 Å². The Balaban J connectivity index is 1.62. The van der Waals surface area contributed by atoms with E-state index in [-0.39, 0.29) is 18.9 Å². The maximum atomic E-state index is 12.3. The highest BCUT2D eigenvalue weighted by molar-refractivity contribution is 5.92. The van der Waals surface area contributed by atoms with Crippen molar-refractivity contribution in [2.45, 2.75) is 20.3 Å². The molecule has 1 aromatic heterocycles. The minimum Gasteiger partial charge on any atom is -0.493 e. The lowest BCUT2D eigenvalue weighted by molar-refractivity contribution is -0.116. The number of rotatable bonds is 7. The van der Waals surface area contributed by atoms with Gasteiger partial charge < -0.3 is 14.8 Å². The number of hydrogen-bond donors (Lipinski definition) is 1. The summed E-state index contributed by atoms with van der Waals surface area (Å²) in [5.41, 5.74) is 3.35. The van der Waals surface area contributed by atoms with Crippen LogP contribution >= 0.6 is 0 Å².